The lowest BCUT2D eigenvalue weighted by atomic mass is 9.94. The SMILES string of the molecule is CCNC(=O)[C@H]1O[C@@H](n2cnc3c(N)nc(C#CCC4CCN(C(=O)OC5CCNC5=O)CC4)nc32)C(O)[C@H]1O. The zero-order valence-corrected chi connectivity index (χ0v) is 21.9. The number of imidazole rings is 1. The molecule has 15 nitrogen and oxygen atoms in total. The molecule has 15 heteroatoms. The van der Waals surface area contributed by atoms with E-state index in [4.69, 9.17) is 15.2 Å². The fraction of sp³-hybridized carbons (Fsp3) is 0.600. The van der Waals surface area contributed by atoms with Crippen LogP contribution in [0.2, 0.25) is 0 Å². The fourth-order valence-corrected chi connectivity index (χ4v) is 5.04. The predicted octanol–water partition coefficient (Wildman–Crippen LogP) is -1.36. The number of nitrogen functional groups attached to an aromatic ring is 1. The fourth-order valence-electron chi connectivity index (χ4n) is 5.04. The lowest BCUT2D eigenvalue weighted by Gasteiger charge is -2.31. The third-order valence-corrected chi connectivity index (χ3v) is 7.28. The van der Waals surface area contributed by atoms with Crippen molar-refractivity contribution in [3.8, 4) is 11.8 Å². The molecule has 214 valence electrons. The highest BCUT2D eigenvalue weighted by atomic mass is 16.6. The summed E-state index contributed by atoms with van der Waals surface area (Å²) in [5.41, 5.74) is 6.60. The summed E-state index contributed by atoms with van der Waals surface area (Å²) in [7, 11) is 0. The monoisotopic (exact) mass is 556 g/mol. The maximum Gasteiger partial charge on any atom is 0.410 e. The van der Waals surface area contributed by atoms with E-state index in [0.717, 1.165) is 12.8 Å². The molecule has 2 unspecified atom stereocenters. The van der Waals surface area contributed by atoms with Gasteiger partial charge in [0.1, 0.15) is 17.7 Å². The number of amides is 3. The van der Waals surface area contributed by atoms with E-state index >= 15 is 0 Å². The number of hydrogen-bond acceptors (Lipinski definition) is 11. The Morgan fingerprint density at radius 1 is 1.25 bits per heavy atom. The van der Waals surface area contributed by atoms with E-state index in [2.05, 4.69) is 37.4 Å². The summed E-state index contributed by atoms with van der Waals surface area (Å²) in [5.74, 6) is 5.71. The molecule has 0 saturated carbocycles. The van der Waals surface area contributed by atoms with Crippen molar-refractivity contribution < 1.29 is 34.1 Å². The van der Waals surface area contributed by atoms with E-state index < -0.39 is 42.6 Å². The number of ether oxygens (including phenoxy) is 2. The summed E-state index contributed by atoms with van der Waals surface area (Å²) in [5, 5.41) is 26.2. The first-order valence-electron chi connectivity index (χ1n) is 13.3. The Kier molecular flexibility index (Phi) is 8.01. The lowest BCUT2D eigenvalue weighted by molar-refractivity contribution is -0.137. The number of aliphatic hydroxyl groups is 2. The van der Waals surface area contributed by atoms with Crippen LogP contribution in [-0.2, 0) is 19.1 Å². The average Bonchev–Trinajstić information content (AvgIpc) is 3.62. The number of fused-ring (bicyclic) bond motifs is 1. The largest absolute Gasteiger partial charge is 0.436 e. The number of rotatable bonds is 5. The number of likely N-dealkylation sites (N-methyl/N-ethyl adjacent to an activating group) is 1. The van der Waals surface area contributed by atoms with Gasteiger partial charge in [0.15, 0.2) is 29.9 Å². The van der Waals surface area contributed by atoms with Crippen LogP contribution in [0.5, 0.6) is 0 Å². The third-order valence-electron chi connectivity index (χ3n) is 7.28. The first-order valence-corrected chi connectivity index (χ1v) is 13.3. The Balaban J connectivity index is 1.21. The molecule has 3 fully saturated rings. The minimum absolute atomic E-state index is 0.0872. The highest BCUT2D eigenvalue weighted by Crippen LogP contribution is 2.32. The highest BCUT2D eigenvalue weighted by Gasteiger charge is 2.47. The Morgan fingerprint density at radius 3 is 2.73 bits per heavy atom. The molecule has 3 saturated heterocycles. The number of piperidine rings is 1. The van der Waals surface area contributed by atoms with Crippen molar-refractivity contribution in [3.63, 3.8) is 0 Å². The molecule has 0 bridgehead atoms. The zero-order chi connectivity index (χ0) is 28.4. The molecule has 40 heavy (non-hydrogen) atoms. The van der Waals surface area contributed by atoms with Crippen molar-refractivity contribution in [1.29, 1.82) is 0 Å². The molecule has 0 radical (unpaired) electrons. The minimum Gasteiger partial charge on any atom is -0.436 e. The van der Waals surface area contributed by atoms with Gasteiger partial charge in [-0.2, -0.15) is 0 Å². The normalized spacial score (nSPS) is 26.8. The average molecular weight is 557 g/mol. The van der Waals surface area contributed by atoms with Gasteiger partial charge in [-0.3, -0.25) is 14.2 Å². The number of carbonyl (C=O) groups excluding carboxylic acids is 3. The van der Waals surface area contributed by atoms with E-state index in [1.54, 1.807) is 11.8 Å². The van der Waals surface area contributed by atoms with Crippen LogP contribution >= 0.6 is 0 Å². The van der Waals surface area contributed by atoms with E-state index in [9.17, 15) is 24.6 Å². The molecule has 0 spiro atoms. The number of nitrogens with zero attached hydrogens (tertiary/aromatic N) is 5. The van der Waals surface area contributed by atoms with Gasteiger partial charge in [-0.25, -0.2) is 19.7 Å². The van der Waals surface area contributed by atoms with Gasteiger partial charge in [-0.15, -0.1) is 0 Å². The first kappa shape index (κ1) is 27.6. The lowest BCUT2D eigenvalue weighted by Crippen LogP contribution is -2.42. The molecule has 0 aliphatic carbocycles. The quantitative estimate of drug-likeness (QED) is 0.272. The number of aliphatic hydroxyl groups excluding tert-OH is 2. The van der Waals surface area contributed by atoms with Crippen molar-refractivity contribution in [2.75, 3.05) is 31.9 Å². The number of anilines is 1. The van der Waals surface area contributed by atoms with Crippen LogP contribution in [0.3, 0.4) is 0 Å². The van der Waals surface area contributed by atoms with Crippen LogP contribution in [0.4, 0.5) is 10.6 Å². The second-order valence-electron chi connectivity index (χ2n) is 9.97. The summed E-state index contributed by atoms with van der Waals surface area (Å²) in [4.78, 5) is 50.7. The molecular formula is C25H32N8O7. The van der Waals surface area contributed by atoms with Gasteiger partial charge in [0, 0.05) is 39.0 Å². The molecule has 5 rings (SSSR count). The van der Waals surface area contributed by atoms with E-state index in [1.165, 1.54) is 10.9 Å². The summed E-state index contributed by atoms with van der Waals surface area (Å²) >= 11 is 0. The first-order chi connectivity index (χ1) is 19.3. The topological polar surface area (TPSA) is 207 Å². The van der Waals surface area contributed by atoms with E-state index in [0.29, 0.717) is 39.0 Å². The van der Waals surface area contributed by atoms with Crippen LogP contribution in [0, 0.1) is 17.8 Å². The maximum atomic E-state index is 12.4. The molecule has 6 N–H and O–H groups in total. The molecule has 3 aliphatic rings. The van der Waals surface area contributed by atoms with Gasteiger partial charge in [0.05, 0.1) is 6.33 Å². The Bertz CT molecular complexity index is 1350. The summed E-state index contributed by atoms with van der Waals surface area (Å²) in [6.45, 7) is 3.62. The van der Waals surface area contributed by atoms with Crippen molar-refractivity contribution in [2.45, 2.75) is 63.3 Å². The Labute approximate surface area is 229 Å². The van der Waals surface area contributed by atoms with Crippen LogP contribution < -0.4 is 16.4 Å². The summed E-state index contributed by atoms with van der Waals surface area (Å²) in [6, 6.07) is 0. The molecule has 5 atom stereocenters. The molecule has 5 heterocycles. The number of nitrogens with one attached hydrogen (secondary N) is 2. The molecule has 3 amide bonds. The van der Waals surface area contributed by atoms with Gasteiger partial charge < -0.3 is 41.0 Å². The van der Waals surface area contributed by atoms with Crippen molar-refractivity contribution >= 4 is 34.9 Å². The summed E-state index contributed by atoms with van der Waals surface area (Å²) in [6.07, 6.45) is -2.54. The van der Waals surface area contributed by atoms with Crippen LogP contribution in [0.25, 0.3) is 11.2 Å². The molecular weight excluding hydrogens is 524 g/mol. The van der Waals surface area contributed by atoms with Crippen LogP contribution in [0.15, 0.2) is 6.33 Å². The van der Waals surface area contributed by atoms with Crippen molar-refractivity contribution in [2.24, 2.45) is 5.92 Å². The minimum atomic E-state index is -1.44. The van der Waals surface area contributed by atoms with Gasteiger partial charge in [-0.1, -0.05) is 5.92 Å². The van der Waals surface area contributed by atoms with Crippen LogP contribution in [-0.4, -0.2) is 103 Å². The van der Waals surface area contributed by atoms with Gasteiger partial charge in [-0.05, 0) is 31.6 Å². The molecule has 3 aliphatic heterocycles. The second kappa shape index (κ2) is 11.6. The Morgan fingerprint density at radius 2 is 2.02 bits per heavy atom. The number of carbonyl (C=O) groups is 3. The summed E-state index contributed by atoms with van der Waals surface area (Å²) < 4.78 is 12.4. The second-order valence-corrected chi connectivity index (χ2v) is 9.97. The van der Waals surface area contributed by atoms with E-state index in [1.807, 2.05) is 0 Å². The Hall–Kier alpha value is -4.00. The van der Waals surface area contributed by atoms with Crippen LogP contribution in [0.1, 0.15) is 44.7 Å². The number of aromatic nitrogens is 4. The van der Waals surface area contributed by atoms with Gasteiger partial charge in [0.2, 0.25) is 5.82 Å². The molecule has 2 aromatic rings. The number of nitrogens with two attached hydrogens (primary N) is 1. The molecule has 0 aromatic carbocycles. The van der Waals surface area contributed by atoms with E-state index in [-0.39, 0.29) is 34.6 Å². The highest BCUT2D eigenvalue weighted by molar-refractivity contribution is 5.85. The zero-order valence-electron chi connectivity index (χ0n) is 21.9. The standard InChI is InChI=1S/C25H32N8O7/c1-2-27-23(37)19-17(34)18(35)24(40-19)33-12-29-16-20(26)30-15(31-21(16)33)5-3-4-13-7-10-32(11-8-13)25(38)39-14-6-9-28-22(14)36/h12-14,17-19,24,34-35H,2,4,6-11H2,1H3,(H,27,37)(H,28,36)(H2,26,30,31)/t14?,17-,18?,19+,24-/m1/s1. The smallest absolute Gasteiger partial charge is 0.410 e. The van der Waals surface area contributed by atoms with Gasteiger partial charge >= 0.3 is 6.09 Å². The molecule has 2 aromatic heterocycles. The maximum absolute atomic E-state index is 12.4. The van der Waals surface area contributed by atoms with Crippen molar-refractivity contribution in [3.05, 3.63) is 12.2 Å². The number of hydrogen-bond donors (Lipinski definition) is 5. The third kappa shape index (κ3) is 5.51. The van der Waals surface area contributed by atoms with Crippen molar-refractivity contribution in [1.82, 2.24) is 35.1 Å². The predicted molar refractivity (Wildman–Crippen MR) is 138 cm³/mol. The number of likely N-dealkylation sites (tertiary alicyclic amines) is 1. The van der Waals surface area contributed by atoms with Gasteiger partial charge in [0.25, 0.3) is 11.8 Å².